The van der Waals surface area contributed by atoms with Gasteiger partial charge in [0.15, 0.2) is 0 Å². The maximum Gasteiger partial charge on any atom is 0.271 e. The summed E-state index contributed by atoms with van der Waals surface area (Å²) in [5.41, 5.74) is 3.79. The summed E-state index contributed by atoms with van der Waals surface area (Å²) in [5.74, 6) is 0.453. The lowest BCUT2D eigenvalue weighted by atomic mass is 10.2. The highest BCUT2D eigenvalue weighted by molar-refractivity contribution is 6.30. The first-order valence-electron chi connectivity index (χ1n) is 7.01. The van der Waals surface area contributed by atoms with Crippen molar-refractivity contribution in [3.8, 4) is 5.75 Å². The van der Waals surface area contributed by atoms with Gasteiger partial charge in [0.2, 0.25) is 0 Å². The summed E-state index contributed by atoms with van der Waals surface area (Å²) in [5, 5.41) is 4.56. The van der Waals surface area contributed by atoms with Crippen LogP contribution < -0.4 is 10.2 Å². The van der Waals surface area contributed by atoms with Crippen LogP contribution in [0, 0.1) is 0 Å². The Balaban J connectivity index is 2.00. The molecule has 0 aromatic heterocycles. The van der Waals surface area contributed by atoms with Crippen molar-refractivity contribution in [1.29, 1.82) is 0 Å². The molecule has 0 heterocycles. The number of benzene rings is 2. The van der Waals surface area contributed by atoms with Gasteiger partial charge in [-0.3, -0.25) is 4.79 Å². The third-order valence-electron chi connectivity index (χ3n) is 2.86. The van der Waals surface area contributed by atoms with E-state index in [4.69, 9.17) is 16.3 Å². The lowest BCUT2D eigenvalue weighted by molar-refractivity contribution is 0.0955. The average Bonchev–Trinajstić information content (AvgIpc) is 2.54. The Morgan fingerprint density at radius 2 is 1.95 bits per heavy atom. The van der Waals surface area contributed by atoms with Crippen LogP contribution in [-0.4, -0.2) is 18.7 Å². The van der Waals surface area contributed by atoms with Crippen LogP contribution in [0.15, 0.2) is 53.6 Å². The average molecular weight is 317 g/mol. The molecule has 0 unspecified atom stereocenters. The Labute approximate surface area is 134 Å². The standard InChI is InChI=1S/C17H17ClN2O2/c1-2-11-22-16-6-4-3-5-14(16)12-19-20-17(21)13-7-9-15(18)10-8-13/h3-10,12H,2,11H2,1H3,(H,20,21). The number of nitrogens with one attached hydrogen (secondary N) is 1. The summed E-state index contributed by atoms with van der Waals surface area (Å²) < 4.78 is 5.62. The van der Waals surface area contributed by atoms with Crippen LogP contribution in [0.3, 0.4) is 0 Å². The van der Waals surface area contributed by atoms with Gasteiger partial charge in [-0.2, -0.15) is 5.10 Å². The van der Waals surface area contributed by atoms with Crippen molar-refractivity contribution in [2.75, 3.05) is 6.61 Å². The molecule has 0 aliphatic rings. The Morgan fingerprint density at radius 3 is 2.68 bits per heavy atom. The number of hydrazone groups is 1. The fraction of sp³-hybridized carbons (Fsp3) is 0.176. The van der Waals surface area contributed by atoms with Crippen LogP contribution in [0.4, 0.5) is 0 Å². The Bertz CT molecular complexity index is 654. The first kappa shape index (κ1) is 16.0. The third kappa shape index (κ3) is 4.60. The van der Waals surface area contributed by atoms with Crippen molar-refractivity contribution in [1.82, 2.24) is 5.43 Å². The lowest BCUT2D eigenvalue weighted by Crippen LogP contribution is -2.17. The molecule has 0 saturated carbocycles. The van der Waals surface area contributed by atoms with Crippen molar-refractivity contribution in [2.24, 2.45) is 5.10 Å². The number of amides is 1. The molecule has 0 fully saturated rings. The first-order valence-corrected chi connectivity index (χ1v) is 7.39. The largest absolute Gasteiger partial charge is 0.493 e. The summed E-state index contributed by atoms with van der Waals surface area (Å²) in [6.07, 6.45) is 2.50. The number of rotatable bonds is 6. The molecule has 0 radical (unpaired) electrons. The number of hydrogen-bond donors (Lipinski definition) is 1. The fourth-order valence-corrected chi connectivity index (χ4v) is 1.88. The van der Waals surface area contributed by atoms with Gasteiger partial charge < -0.3 is 4.74 Å². The number of halogens is 1. The molecule has 4 nitrogen and oxygen atoms in total. The van der Waals surface area contributed by atoms with Crippen LogP contribution in [0.2, 0.25) is 5.02 Å². The minimum absolute atomic E-state index is 0.292. The number of nitrogens with zero attached hydrogens (tertiary/aromatic N) is 1. The van der Waals surface area contributed by atoms with Crippen molar-refractivity contribution in [2.45, 2.75) is 13.3 Å². The van der Waals surface area contributed by atoms with Gasteiger partial charge in [-0.25, -0.2) is 5.43 Å². The minimum Gasteiger partial charge on any atom is -0.493 e. The minimum atomic E-state index is -0.292. The molecule has 0 aliphatic heterocycles. The second-order valence-electron chi connectivity index (χ2n) is 4.59. The summed E-state index contributed by atoms with van der Waals surface area (Å²) in [4.78, 5) is 11.9. The second kappa shape index (κ2) is 8.20. The number of carbonyl (C=O) groups excluding carboxylic acids is 1. The van der Waals surface area contributed by atoms with Gasteiger partial charge in [-0.15, -0.1) is 0 Å². The molecular weight excluding hydrogens is 300 g/mol. The maximum atomic E-state index is 11.9. The molecule has 1 N–H and O–H groups in total. The fourth-order valence-electron chi connectivity index (χ4n) is 1.76. The topological polar surface area (TPSA) is 50.7 Å². The predicted molar refractivity (Wildman–Crippen MR) is 88.7 cm³/mol. The monoisotopic (exact) mass is 316 g/mol. The second-order valence-corrected chi connectivity index (χ2v) is 5.03. The van der Waals surface area contributed by atoms with Crippen LogP contribution >= 0.6 is 11.6 Å². The molecule has 1 amide bonds. The van der Waals surface area contributed by atoms with Crippen molar-refractivity contribution in [3.05, 3.63) is 64.7 Å². The predicted octanol–water partition coefficient (Wildman–Crippen LogP) is 3.89. The number of ether oxygens (including phenoxy) is 1. The van der Waals surface area contributed by atoms with Crippen molar-refractivity contribution < 1.29 is 9.53 Å². The van der Waals surface area contributed by atoms with E-state index in [0.29, 0.717) is 17.2 Å². The highest BCUT2D eigenvalue weighted by Crippen LogP contribution is 2.16. The maximum absolute atomic E-state index is 11.9. The van der Waals surface area contributed by atoms with Gasteiger partial charge in [-0.05, 0) is 42.8 Å². The molecule has 2 aromatic carbocycles. The van der Waals surface area contributed by atoms with Crippen molar-refractivity contribution >= 4 is 23.7 Å². The number of carbonyl (C=O) groups is 1. The van der Waals surface area contributed by atoms with E-state index in [1.807, 2.05) is 31.2 Å². The van der Waals surface area contributed by atoms with E-state index in [0.717, 1.165) is 17.7 Å². The highest BCUT2D eigenvalue weighted by Gasteiger charge is 2.04. The smallest absolute Gasteiger partial charge is 0.271 e. The molecule has 0 saturated heterocycles. The molecule has 5 heteroatoms. The van der Waals surface area contributed by atoms with E-state index in [1.165, 1.54) is 0 Å². The molecule has 0 bridgehead atoms. The summed E-state index contributed by atoms with van der Waals surface area (Å²) in [6.45, 7) is 2.69. The highest BCUT2D eigenvalue weighted by atomic mass is 35.5. The van der Waals surface area contributed by atoms with Gasteiger partial charge in [0.1, 0.15) is 5.75 Å². The Hall–Kier alpha value is -2.33. The molecular formula is C17H17ClN2O2. The SMILES string of the molecule is CCCOc1ccccc1C=NNC(=O)c1ccc(Cl)cc1. The van der Waals surface area contributed by atoms with Gasteiger partial charge in [0.05, 0.1) is 12.8 Å². The van der Waals surface area contributed by atoms with E-state index in [1.54, 1.807) is 30.5 Å². The summed E-state index contributed by atoms with van der Waals surface area (Å²) >= 11 is 5.78. The van der Waals surface area contributed by atoms with E-state index >= 15 is 0 Å². The van der Waals surface area contributed by atoms with E-state index in [9.17, 15) is 4.79 Å². The van der Waals surface area contributed by atoms with Crippen LogP contribution in [-0.2, 0) is 0 Å². The van der Waals surface area contributed by atoms with Crippen LogP contribution in [0.1, 0.15) is 29.3 Å². The van der Waals surface area contributed by atoms with Gasteiger partial charge >= 0.3 is 0 Å². The van der Waals surface area contributed by atoms with Gasteiger partial charge in [0, 0.05) is 16.1 Å². The zero-order valence-corrected chi connectivity index (χ0v) is 13.0. The molecule has 0 spiro atoms. The van der Waals surface area contributed by atoms with Crippen molar-refractivity contribution in [3.63, 3.8) is 0 Å². The zero-order valence-electron chi connectivity index (χ0n) is 12.3. The molecule has 2 aromatic rings. The molecule has 114 valence electrons. The first-order chi connectivity index (χ1) is 10.7. The number of para-hydroxylation sites is 1. The zero-order chi connectivity index (χ0) is 15.8. The third-order valence-corrected chi connectivity index (χ3v) is 3.11. The molecule has 2 rings (SSSR count). The van der Waals surface area contributed by atoms with Gasteiger partial charge in [0.25, 0.3) is 5.91 Å². The van der Waals surface area contributed by atoms with E-state index in [2.05, 4.69) is 10.5 Å². The Kier molecular flexibility index (Phi) is 5.98. The summed E-state index contributed by atoms with van der Waals surface area (Å²) in [7, 11) is 0. The summed E-state index contributed by atoms with van der Waals surface area (Å²) in [6, 6.07) is 14.1. The van der Waals surface area contributed by atoms with Crippen LogP contribution in [0.25, 0.3) is 0 Å². The van der Waals surface area contributed by atoms with E-state index < -0.39 is 0 Å². The quantitative estimate of drug-likeness (QED) is 0.649. The van der Waals surface area contributed by atoms with Crippen LogP contribution in [0.5, 0.6) is 5.75 Å². The lowest BCUT2D eigenvalue weighted by Gasteiger charge is -2.07. The van der Waals surface area contributed by atoms with E-state index in [-0.39, 0.29) is 5.91 Å². The van der Waals surface area contributed by atoms with Gasteiger partial charge in [-0.1, -0.05) is 30.7 Å². The molecule has 0 atom stereocenters. The molecule has 0 aliphatic carbocycles. The molecule has 22 heavy (non-hydrogen) atoms. The Morgan fingerprint density at radius 1 is 1.23 bits per heavy atom. The normalized spacial score (nSPS) is 10.6. The number of hydrogen-bond acceptors (Lipinski definition) is 3.